The van der Waals surface area contributed by atoms with Gasteiger partial charge < -0.3 is 15.5 Å². The Balaban J connectivity index is 2.33. The van der Waals surface area contributed by atoms with Crippen molar-refractivity contribution >= 4 is 11.8 Å². The lowest BCUT2D eigenvalue weighted by atomic mass is 9.64. The van der Waals surface area contributed by atoms with E-state index in [0.717, 1.165) is 12.2 Å². The van der Waals surface area contributed by atoms with Crippen LogP contribution in [0.1, 0.15) is 27.2 Å². The number of aliphatic hydroxyl groups is 2. The average Bonchev–Trinajstić information content (AvgIpc) is 2.11. The smallest absolute Gasteiger partial charge is 0.0833 e. The van der Waals surface area contributed by atoms with Crippen molar-refractivity contribution in [2.24, 2.45) is 5.41 Å². The molecule has 1 rings (SSSR count). The Hall–Kier alpha value is 0.230. The first-order valence-corrected chi connectivity index (χ1v) is 6.82. The van der Waals surface area contributed by atoms with E-state index >= 15 is 0 Å². The Kier molecular flexibility index (Phi) is 4.09. The van der Waals surface area contributed by atoms with E-state index in [1.54, 1.807) is 11.8 Å². The Morgan fingerprint density at radius 2 is 2.13 bits per heavy atom. The summed E-state index contributed by atoms with van der Waals surface area (Å²) >= 11 is 1.65. The highest BCUT2D eigenvalue weighted by atomic mass is 32.2. The van der Waals surface area contributed by atoms with E-state index in [1.165, 1.54) is 0 Å². The van der Waals surface area contributed by atoms with Gasteiger partial charge in [0.1, 0.15) is 0 Å². The fraction of sp³-hybridized carbons (Fsp3) is 1.00. The normalized spacial score (nSPS) is 33.2. The van der Waals surface area contributed by atoms with Crippen LogP contribution in [0.5, 0.6) is 0 Å². The van der Waals surface area contributed by atoms with Crippen LogP contribution in [0.4, 0.5) is 0 Å². The highest BCUT2D eigenvalue weighted by Gasteiger charge is 2.47. The van der Waals surface area contributed by atoms with E-state index in [-0.39, 0.29) is 11.5 Å². The second-order valence-corrected chi connectivity index (χ2v) is 6.30. The van der Waals surface area contributed by atoms with Gasteiger partial charge in [-0.1, -0.05) is 13.8 Å². The molecule has 3 unspecified atom stereocenters. The molecule has 3 atom stereocenters. The highest BCUT2D eigenvalue weighted by molar-refractivity contribution is 7.98. The number of aliphatic hydroxyl groups excluding tert-OH is 1. The Labute approximate surface area is 96.6 Å². The molecule has 0 bridgehead atoms. The SMILES string of the molecule is CSCC(C)(O)CNC1CC(O)C1(C)C. The molecule has 15 heavy (non-hydrogen) atoms. The number of rotatable bonds is 5. The van der Waals surface area contributed by atoms with Crippen molar-refractivity contribution in [3.63, 3.8) is 0 Å². The summed E-state index contributed by atoms with van der Waals surface area (Å²) in [5, 5.41) is 22.9. The molecule has 0 aromatic carbocycles. The van der Waals surface area contributed by atoms with E-state index in [2.05, 4.69) is 19.2 Å². The van der Waals surface area contributed by atoms with Crippen molar-refractivity contribution in [1.29, 1.82) is 0 Å². The lowest BCUT2D eigenvalue weighted by molar-refractivity contribution is -0.0777. The molecule has 4 heteroatoms. The molecule has 3 nitrogen and oxygen atoms in total. The van der Waals surface area contributed by atoms with E-state index in [0.29, 0.717) is 12.6 Å². The van der Waals surface area contributed by atoms with Gasteiger partial charge in [0.2, 0.25) is 0 Å². The second kappa shape index (κ2) is 4.62. The van der Waals surface area contributed by atoms with Crippen molar-refractivity contribution in [3.8, 4) is 0 Å². The molecule has 0 aromatic heterocycles. The van der Waals surface area contributed by atoms with Gasteiger partial charge in [-0.05, 0) is 19.6 Å². The molecule has 1 aliphatic rings. The lowest BCUT2D eigenvalue weighted by Crippen LogP contribution is -2.62. The maximum Gasteiger partial charge on any atom is 0.0833 e. The van der Waals surface area contributed by atoms with Crippen LogP contribution in [0, 0.1) is 5.41 Å². The van der Waals surface area contributed by atoms with Gasteiger partial charge in [0.05, 0.1) is 11.7 Å². The molecular formula is C11H23NO2S. The molecule has 0 aromatic rings. The number of hydrogen-bond acceptors (Lipinski definition) is 4. The number of nitrogens with one attached hydrogen (secondary N) is 1. The van der Waals surface area contributed by atoms with Crippen LogP contribution in [0.25, 0.3) is 0 Å². The largest absolute Gasteiger partial charge is 0.392 e. The van der Waals surface area contributed by atoms with Crippen LogP contribution >= 0.6 is 11.8 Å². The predicted octanol–water partition coefficient (Wildman–Crippen LogP) is 0.849. The maximum absolute atomic E-state index is 9.97. The predicted molar refractivity (Wildman–Crippen MR) is 65.2 cm³/mol. The molecule has 0 aliphatic heterocycles. The molecule has 90 valence electrons. The summed E-state index contributed by atoms with van der Waals surface area (Å²) in [5.74, 6) is 0.732. The number of hydrogen-bond donors (Lipinski definition) is 3. The Bertz CT molecular complexity index is 219. The molecule has 0 spiro atoms. The van der Waals surface area contributed by atoms with Crippen LogP contribution < -0.4 is 5.32 Å². The quantitative estimate of drug-likeness (QED) is 0.659. The van der Waals surface area contributed by atoms with E-state index in [4.69, 9.17) is 0 Å². The molecule has 0 heterocycles. The fourth-order valence-electron chi connectivity index (χ4n) is 1.95. The van der Waals surface area contributed by atoms with E-state index in [9.17, 15) is 10.2 Å². The molecule has 1 fully saturated rings. The minimum Gasteiger partial charge on any atom is -0.392 e. The highest BCUT2D eigenvalue weighted by Crippen LogP contribution is 2.40. The van der Waals surface area contributed by atoms with Gasteiger partial charge >= 0.3 is 0 Å². The summed E-state index contributed by atoms with van der Waals surface area (Å²) in [6.45, 7) is 6.55. The van der Waals surface area contributed by atoms with Gasteiger partial charge in [0.15, 0.2) is 0 Å². The van der Waals surface area contributed by atoms with Crippen molar-refractivity contribution in [1.82, 2.24) is 5.32 Å². The lowest BCUT2D eigenvalue weighted by Gasteiger charge is -2.50. The summed E-state index contributed by atoms with van der Waals surface area (Å²) in [6, 6.07) is 0.320. The van der Waals surface area contributed by atoms with Gasteiger partial charge in [0.25, 0.3) is 0 Å². The first-order valence-electron chi connectivity index (χ1n) is 5.42. The molecular weight excluding hydrogens is 210 g/mol. The maximum atomic E-state index is 9.97. The average molecular weight is 233 g/mol. The van der Waals surface area contributed by atoms with Crippen molar-refractivity contribution in [3.05, 3.63) is 0 Å². The van der Waals surface area contributed by atoms with Crippen molar-refractivity contribution in [2.75, 3.05) is 18.6 Å². The minimum absolute atomic E-state index is 0.0601. The van der Waals surface area contributed by atoms with Gasteiger partial charge in [0, 0.05) is 23.8 Å². The summed E-state index contributed by atoms with van der Waals surface area (Å²) in [4.78, 5) is 0. The minimum atomic E-state index is -0.657. The molecule has 1 saturated carbocycles. The van der Waals surface area contributed by atoms with Crippen molar-refractivity contribution < 1.29 is 10.2 Å². The zero-order valence-electron chi connectivity index (χ0n) is 10.1. The third-order valence-electron chi connectivity index (χ3n) is 3.40. The summed E-state index contributed by atoms with van der Waals surface area (Å²) < 4.78 is 0. The zero-order chi connectivity index (χ0) is 11.7. The molecule has 0 amide bonds. The molecule has 0 saturated heterocycles. The third kappa shape index (κ3) is 3.09. The number of thioether (sulfide) groups is 1. The zero-order valence-corrected chi connectivity index (χ0v) is 10.9. The van der Waals surface area contributed by atoms with Crippen LogP contribution in [0.2, 0.25) is 0 Å². The van der Waals surface area contributed by atoms with Crippen molar-refractivity contribution in [2.45, 2.75) is 44.9 Å². The first kappa shape index (κ1) is 13.3. The monoisotopic (exact) mass is 233 g/mol. The molecule has 3 N–H and O–H groups in total. The molecule has 0 radical (unpaired) electrons. The fourth-order valence-corrected chi connectivity index (χ4v) is 2.68. The van der Waals surface area contributed by atoms with Crippen LogP contribution in [0.15, 0.2) is 0 Å². The second-order valence-electron chi connectivity index (χ2n) is 5.44. The third-order valence-corrected chi connectivity index (χ3v) is 4.31. The summed E-state index contributed by atoms with van der Waals surface area (Å²) in [7, 11) is 0. The van der Waals surface area contributed by atoms with Crippen LogP contribution in [0.3, 0.4) is 0 Å². The summed E-state index contributed by atoms with van der Waals surface area (Å²) in [5.41, 5.74) is -0.717. The standard InChI is InChI=1S/C11H23NO2S/c1-10(2)8(5-9(10)13)12-6-11(3,14)7-15-4/h8-9,12-14H,5-7H2,1-4H3. The topological polar surface area (TPSA) is 52.5 Å². The Morgan fingerprint density at radius 3 is 2.53 bits per heavy atom. The first-order chi connectivity index (χ1) is 6.79. The van der Waals surface area contributed by atoms with Crippen LogP contribution in [-0.4, -0.2) is 46.5 Å². The summed E-state index contributed by atoms with van der Waals surface area (Å²) in [6.07, 6.45) is 2.58. The van der Waals surface area contributed by atoms with Gasteiger partial charge in [-0.25, -0.2) is 0 Å². The molecule has 1 aliphatic carbocycles. The van der Waals surface area contributed by atoms with Gasteiger partial charge in [-0.15, -0.1) is 0 Å². The van der Waals surface area contributed by atoms with E-state index in [1.807, 2.05) is 13.2 Å². The van der Waals surface area contributed by atoms with Gasteiger partial charge in [-0.3, -0.25) is 0 Å². The Morgan fingerprint density at radius 1 is 1.53 bits per heavy atom. The van der Waals surface area contributed by atoms with Crippen LogP contribution in [-0.2, 0) is 0 Å². The van der Waals surface area contributed by atoms with Gasteiger partial charge in [-0.2, -0.15) is 11.8 Å². The van der Waals surface area contributed by atoms with E-state index < -0.39 is 5.60 Å².